The van der Waals surface area contributed by atoms with Crippen LogP contribution in [0, 0.1) is 0 Å². The van der Waals surface area contributed by atoms with E-state index in [2.05, 4.69) is 20.2 Å². The Morgan fingerprint density at radius 2 is 1.59 bits per heavy atom. The van der Waals surface area contributed by atoms with E-state index in [9.17, 15) is 4.79 Å². The minimum Gasteiger partial charge on any atom is -0.447 e. The molecule has 0 saturated heterocycles. The van der Waals surface area contributed by atoms with Crippen LogP contribution in [0.5, 0.6) is 0 Å². The van der Waals surface area contributed by atoms with Crippen molar-refractivity contribution in [1.82, 2.24) is 20.2 Å². The second kappa shape index (κ2) is 6.08. The van der Waals surface area contributed by atoms with Gasteiger partial charge >= 0.3 is 0 Å². The lowest BCUT2D eigenvalue weighted by molar-refractivity contribution is 0.665. The number of aromatic amines is 1. The normalized spacial score (nSPS) is 11.6. The molecule has 6 nitrogen and oxygen atoms in total. The molecule has 138 valence electrons. The number of nitrogens with zero attached hydrogens (tertiary/aromatic N) is 3. The second-order valence-corrected chi connectivity index (χ2v) is 7.61. The fourth-order valence-electron chi connectivity index (χ4n) is 3.64. The number of hydrogen-bond donors (Lipinski definition) is 1. The third kappa shape index (κ3) is 2.34. The van der Waals surface area contributed by atoms with Crippen LogP contribution in [0.4, 0.5) is 0 Å². The molecular weight excluding hydrogens is 384 g/mol. The monoisotopic (exact) mass is 396 g/mol. The molecule has 0 unspecified atom stereocenters. The van der Waals surface area contributed by atoms with Gasteiger partial charge < -0.3 is 9.40 Å². The summed E-state index contributed by atoms with van der Waals surface area (Å²) in [5.74, 6) is 0. The predicted octanol–water partition coefficient (Wildman–Crippen LogP) is 5.01. The lowest BCUT2D eigenvalue weighted by atomic mass is 9.97. The number of hydrogen-bond acceptors (Lipinski definition) is 6. The molecule has 2 aromatic carbocycles. The van der Waals surface area contributed by atoms with Gasteiger partial charge in [0.1, 0.15) is 15.9 Å². The molecule has 4 heterocycles. The van der Waals surface area contributed by atoms with Gasteiger partial charge in [-0.2, -0.15) is 0 Å². The molecule has 29 heavy (non-hydrogen) atoms. The van der Waals surface area contributed by atoms with E-state index < -0.39 is 0 Å². The van der Waals surface area contributed by atoms with Crippen molar-refractivity contribution in [2.24, 2.45) is 0 Å². The summed E-state index contributed by atoms with van der Waals surface area (Å²) < 4.78 is 6.83. The van der Waals surface area contributed by atoms with E-state index >= 15 is 0 Å². The van der Waals surface area contributed by atoms with Crippen LogP contribution in [-0.4, -0.2) is 20.2 Å². The Morgan fingerprint density at radius 1 is 0.862 bits per heavy atom. The standard InChI is InChI=1S/C22H12N4O2S/c27-21-19-17(23-11-24-21)20-18(28-19)15-14(12-7-3-1-4-8-12)16(25-26-22(15)29-20)13-9-5-2-6-10-13/h1-11H,(H,23,24,27). The van der Waals surface area contributed by atoms with Gasteiger partial charge in [0.2, 0.25) is 5.58 Å². The summed E-state index contributed by atoms with van der Waals surface area (Å²) in [7, 11) is 0. The molecule has 0 fully saturated rings. The maximum atomic E-state index is 12.2. The molecule has 6 rings (SSSR count). The van der Waals surface area contributed by atoms with Gasteiger partial charge in [-0.3, -0.25) is 4.79 Å². The first-order valence-electron chi connectivity index (χ1n) is 9.01. The van der Waals surface area contributed by atoms with Gasteiger partial charge in [0, 0.05) is 11.1 Å². The van der Waals surface area contributed by atoms with Crippen molar-refractivity contribution in [3.05, 3.63) is 77.3 Å². The van der Waals surface area contributed by atoms with E-state index in [4.69, 9.17) is 4.42 Å². The Kier molecular flexibility index (Phi) is 3.39. The Bertz CT molecular complexity index is 1570. The molecule has 0 saturated carbocycles. The summed E-state index contributed by atoms with van der Waals surface area (Å²) in [6.45, 7) is 0. The molecule has 0 aliphatic rings. The highest BCUT2D eigenvalue weighted by Gasteiger charge is 2.23. The third-order valence-corrected chi connectivity index (χ3v) is 5.98. The van der Waals surface area contributed by atoms with E-state index in [1.807, 2.05) is 60.7 Å². The smallest absolute Gasteiger partial charge is 0.294 e. The van der Waals surface area contributed by atoms with Crippen LogP contribution < -0.4 is 5.56 Å². The first kappa shape index (κ1) is 16.1. The van der Waals surface area contributed by atoms with Crippen LogP contribution in [0.3, 0.4) is 0 Å². The van der Waals surface area contributed by atoms with Crippen molar-refractivity contribution in [1.29, 1.82) is 0 Å². The van der Waals surface area contributed by atoms with Gasteiger partial charge in [-0.1, -0.05) is 60.7 Å². The number of aromatic nitrogens is 4. The van der Waals surface area contributed by atoms with Crippen LogP contribution in [0.2, 0.25) is 0 Å². The number of H-pyrrole nitrogens is 1. The zero-order valence-corrected chi connectivity index (χ0v) is 15.7. The van der Waals surface area contributed by atoms with Crippen molar-refractivity contribution in [2.75, 3.05) is 0 Å². The largest absolute Gasteiger partial charge is 0.447 e. The van der Waals surface area contributed by atoms with Crippen molar-refractivity contribution >= 4 is 42.9 Å². The Labute approximate surface area is 167 Å². The fourth-order valence-corrected chi connectivity index (χ4v) is 4.69. The summed E-state index contributed by atoms with van der Waals surface area (Å²) in [5.41, 5.74) is 4.78. The maximum absolute atomic E-state index is 12.2. The number of fused-ring (bicyclic) bond motifs is 5. The summed E-state index contributed by atoms with van der Waals surface area (Å²) >= 11 is 1.44. The van der Waals surface area contributed by atoms with E-state index in [-0.39, 0.29) is 11.1 Å². The van der Waals surface area contributed by atoms with E-state index in [0.717, 1.165) is 37.3 Å². The number of thiophene rings is 1. The first-order chi connectivity index (χ1) is 14.3. The van der Waals surface area contributed by atoms with E-state index in [1.165, 1.54) is 17.7 Å². The third-order valence-electron chi connectivity index (χ3n) is 4.91. The Hall–Kier alpha value is -3.84. The van der Waals surface area contributed by atoms with Crippen LogP contribution in [0.15, 0.2) is 76.2 Å². The molecule has 0 spiro atoms. The minimum absolute atomic E-state index is 0.229. The highest BCUT2D eigenvalue weighted by atomic mass is 32.1. The number of rotatable bonds is 2. The van der Waals surface area contributed by atoms with Crippen LogP contribution in [0.1, 0.15) is 0 Å². The van der Waals surface area contributed by atoms with Gasteiger partial charge in [-0.25, -0.2) is 4.98 Å². The fraction of sp³-hybridized carbons (Fsp3) is 0. The molecule has 0 bridgehead atoms. The second-order valence-electron chi connectivity index (χ2n) is 6.61. The summed E-state index contributed by atoms with van der Waals surface area (Å²) in [5, 5.41) is 9.88. The quantitative estimate of drug-likeness (QED) is 0.445. The highest BCUT2D eigenvalue weighted by molar-refractivity contribution is 7.26. The van der Waals surface area contributed by atoms with Crippen molar-refractivity contribution in [3.63, 3.8) is 0 Å². The highest BCUT2D eigenvalue weighted by Crippen LogP contribution is 2.45. The Morgan fingerprint density at radius 3 is 2.34 bits per heavy atom. The molecule has 0 aliphatic carbocycles. The zero-order valence-electron chi connectivity index (χ0n) is 14.9. The molecule has 4 aromatic heterocycles. The molecule has 0 radical (unpaired) electrons. The van der Waals surface area contributed by atoms with Crippen LogP contribution in [-0.2, 0) is 0 Å². The molecular formula is C22H12N4O2S. The minimum atomic E-state index is -0.293. The average Bonchev–Trinajstić information content (AvgIpc) is 3.32. The zero-order chi connectivity index (χ0) is 19.4. The van der Waals surface area contributed by atoms with Crippen molar-refractivity contribution in [3.8, 4) is 22.4 Å². The molecule has 0 atom stereocenters. The van der Waals surface area contributed by atoms with E-state index in [1.54, 1.807) is 0 Å². The topological polar surface area (TPSA) is 84.7 Å². The van der Waals surface area contributed by atoms with Crippen LogP contribution >= 0.6 is 11.3 Å². The lowest BCUT2D eigenvalue weighted by Crippen LogP contribution is -2.03. The number of benzene rings is 2. The predicted molar refractivity (Wildman–Crippen MR) is 114 cm³/mol. The van der Waals surface area contributed by atoms with Gasteiger partial charge in [0.15, 0.2) is 10.4 Å². The number of furan rings is 1. The molecule has 6 aromatic rings. The average molecular weight is 396 g/mol. The molecule has 1 N–H and O–H groups in total. The summed E-state index contributed by atoms with van der Waals surface area (Å²) in [6, 6.07) is 20.0. The molecule has 7 heteroatoms. The molecule has 0 aliphatic heterocycles. The lowest BCUT2D eigenvalue weighted by Gasteiger charge is -2.10. The Balaban J connectivity index is 1.83. The summed E-state index contributed by atoms with van der Waals surface area (Å²) in [6.07, 6.45) is 1.39. The number of nitrogens with one attached hydrogen (secondary N) is 1. The van der Waals surface area contributed by atoms with Crippen molar-refractivity contribution in [2.45, 2.75) is 0 Å². The first-order valence-corrected chi connectivity index (χ1v) is 9.83. The SMILES string of the molecule is O=c1[nH]cnc2c1oc1c2sc2nnc(-c3ccccc3)c(-c3ccccc3)c21. The van der Waals surface area contributed by atoms with Crippen LogP contribution in [0.25, 0.3) is 54.0 Å². The maximum Gasteiger partial charge on any atom is 0.294 e. The van der Waals surface area contributed by atoms with Gasteiger partial charge in [0.25, 0.3) is 5.56 Å². The van der Waals surface area contributed by atoms with Gasteiger partial charge in [-0.15, -0.1) is 21.5 Å². The molecule has 0 amide bonds. The van der Waals surface area contributed by atoms with Gasteiger partial charge in [0.05, 0.1) is 11.7 Å². The van der Waals surface area contributed by atoms with Gasteiger partial charge in [-0.05, 0) is 5.56 Å². The van der Waals surface area contributed by atoms with Crippen molar-refractivity contribution < 1.29 is 4.42 Å². The van der Waals surface area contributed by atoms with E-state index in [0.29, 0.717) is 11.1 Å². The summed E-state index contributed by atoms with van der Waals surface area (Å²) in [4.78, 5) is 19.9.